The maximum absolute atomic E-state index is 13.9. The molecule has 6 heteroatoms. The number of nitrogen functional groups attached to an aromatic ring is 1. The van der Waals surface area contributed by atoms with Gasteiger partial charge in [0.05, 0.1) is 6.20 Å². The number of carbonyl (C=O) groups excluding carboxylic acids is 1. The minimum Gasteiger partial charge on any atom is -0.383 e. The van der Waals surface area contributed by atoms with E-state index in [1.807, 2.05) is 13.8 Å². The van der Waals surface area contributed by atoms with Crippen molar-refractivity contribution in [3.8, 4) is 0 Å². The number of nitrogens with zero attached hydrogens (tertiary/aromatic N) is 2. The number of anilines is 1. The number of nitrogens with two attached hydrogens (primary N) is 1. The van der Waals surface area contributed by atoms with Gasteiger partial charge in [0.15, 0.2) is 0 Å². The lowest BCUT2D eigenvalue weighted by Crippen LogP contribution is -2.37. The van der Waals surface area contributed by atoms with Crippen LogP contribution in [0.25, 0.3) is 0 Å². The second kappa shape index (κ2) is 5.55. The summed E-state index contributed by atoms with van der Waals surface area (Å²) in [5.41, 5.74) is 6.11. The van der Waals surface area contributed by atoms with E-state index >= 15 is 0 Å². The van der Waals surface area contributed by atoms with Crippen LogP contribution in [0.4, 0.5) is 10.2 Å². The van der Waals surface area contributed by atoms with Crippen LogP contribution >= 0.6 is 0 Å². The largest absolute Gasteiger partial charge is 0.383 e. The minimum absolute atomic E-state index is 0.280. The molecule has 2 aromatic rings. The molecule has 0 spiro atoms. The fourth-order valence-corrected chi connectivity index (χ4v) is 2.12. The van der Waals surface area contributed by atoms with E-state index in [0.717, 1.165) is 0 Å². The lowest BCUT2D eigenvalue weighted by Gasteiger charge is -2.26. The molecule has 3 N–H and O–H groups in total. The van der Waals surface area contributed by atoms with E-state index in [2.05, 4.69) is 10.4 Å². The molecule has 1 aromatic carbocycles. The SMILES string of the molecule is Cn1ncc(C(=O)NCC(C)(C)c2ccccc2F)c1N. The fraction of sp³-hybridized carbons (Fsp3) is 0.333. The smallest absolute Gasteiger partial charge is 0.256 e. The van der Waals surface area contributed by atoms with Crippen LogP contribution in [0.3, 0.4) is 0 Å². The Balaban J connectivity index is 2.10. The molecule has 0 atom stereocenters. The highest BCUT2D eigenvalue weighted by atomic mass is 19.1. The van der Waals surface area contributed by atoms with Gasteiger partial charge in [0, 0.05) is 19.0 Å². The van der Waals surface area contributed by atoms with E-state index in [-0.39, 0.29) is 11.7 Å². The predicted molar refractivity (Wildman–Crippen MR) is 79.4 cm³/mol. The standard InChI is InChI=1S/C15H19FN4O/c1-15(2,11-6-4-5-7-12(11)16)9-18-14(21)10-8-19-20(3)13(10)17/h4-8H,9,17H2,1-3H3,(H,18,21). The molecule has 2 rings (SSSR count). The van der Waals surface area contributed by atoms with Crippen molar-refractivity contribution in [2.45, 2.75) is 19.3 Å². The number of aromatic nitrogens is 2. The van der Waals surface area contributed by atoms with Gasteiger partial charge in [0.1, 0.15) is 17.2 Å². The average Bonchev–Trinajstić information content (AvgIpc) is 2.77. The monoisotopic (exact) mass is 290 g/mol. The van der Waals surface area contributed by atoms with Gasteiger partial charge in [-0.05, 0) is 11.6 Å². The first-order valence-corrected chi connectivity index (χ1v) is 6.63. The highest BCUT2D eigenvalue weighted by molar-refractivity contribution is 5.98. The van der Waals surface area contributed by atoms with Crippen LogP contribution in [-0.2, 0) is 12.5 Å². The topological polar surface area (TPSA) is 72.9 Å². The second-order valence-electron chi connectivity index (χ2n) is 5.61. The van der Waals surface area contributed by atoms with Crippen molar-refractivity contribution in [2.75, 3.05) is 12.3 Å². The Labute approximate surface area is 123 Å². The fourth-order valence-electron chi connectivity index (χ4n) is 2.12. The number of halogens is 1. The minimum atomic E-state index is -0.530. The number of hydrogen-bond donors (Lipinski definition) is 2. The summed E-state index contributed by atoms with van der Waals surface area (Å²) < 4.78 is 15.3. The quantitative estimate of drug-likeness (QED) is 0.902. The van der Waals surface area contributed by atoms with Gasteiger partial charge >= 0.3 is 0 Å². The van der Waals surface area contributed by atoms with Gasteiger partial charge in [-0.3, -0.25) is 9.48 Å². The summed E-state index contributed by atoms with van der Waals surface area (Å²) in [6.45, 7) is 4.04. The lowest BCUT2D eigenvalue weighted by molar-refractivity contribution is 0.0946. The zero-order valence-corrected chi connectivity index (χ0v) is 12.4. The van der Waals surface area contributed by atoms with Gasteiger partial charge in [-0.2, -0.15) is 5.10 Å². The maximum atomic E-state index is 13.9. The summed E-state index contributed by atoms with van der Waals surface area (Å²) in [4.78, 5) is 12.1. The third-order valence-corrected chi connectivity index (χ3v) is 3.52. The molecule has 0 fully saturated rings. The molecule has 0 aliphatic heterocycles. The summed E-state index contributed by atoms with van der Waals surface area (Å²) in [6.07, 6.45) is 1.42. The third-order valence-electron chi connectivity index (χ3n) is 3.52. The van der Waals surface area contributed by atoms with Crippen LogP contribution < -0.4 is 11.1 Å². The molecule has 0 radical (unpaired) electrons. The van der Waals surface area contributed by atoms with Gasteiger partial charge < -0.3 is 11.1 Å². The van der Waals surface area contributed by atoms with Crippen LogP contribution in [0.5, 0.6) is 0 Å². The van der Waals surface area contributed by atoms with Crippen molar-refractivity contribution in [3.63, 3.8) is 0 Å². The molecule has 0 unspecified atom stereocenters. The molecule has 1 heterocycles. The number of rotatable bonds is 4. The number of hydrogen-bond acceptors (Lipinski definition) is 3. The number of amides is 1. The van der Waals surface area contributed by atoms with Crippen molar-refractivity contribution < 1.29 is 9.18 Å². The van der Waals surface area contributed by atoms with Gasteiger partial charge in [-0.15, -0.1) is 0 Å². The molecule has 0 saturated carbocycles. The summed E-state index contributed by atoms with van der Waals surface area (Å²) in [7, 11) is 1.66. The molecule has 0 bridgehead atoms. The molecule has 1 aromatic heterocycles. The van der Waals surface area contributed by atoms with Gasteiger partial charge in [0.2, 0.25) is 0 Å². The maximum Gasteiger partial charge on any atom is 0.256 e. The van der Waals surface area contributed by atoms with Crippen molar-refractivity contribution in [1.29, 1.82) is 0 Å². The Hall–Kier alpha value is -2.37. The number of carbonyl (C=O) groups is 1. The molecule has 112 valence electrons. The first-order chi connectivity index (χ1) is 9.83. The molecular weight excluding hydrogens is 271 g/mol. The van der Waals surface area contributed by atoms with E-state index < -0.39 is 5.41 Å². The van der Waals surface area contributed by atoms with Crippen LogP contribution in [0, 0.1) is 5.82 Å². The summed E-state index contributed by atoms with van der Waals surface area (Å²) in [6, 6.07) is 6.56. The first kappa shape index (κ1) is 15.0. The zero-order valence-electron chi connectivity index (χ0n) is 12.4. The molecule has 0 aliphatic carbocycles. The second-order valence-corrected chi connectivity index (χ2v) is 5.61. The Morgan fingerprint density at radius 1 is 1.43 bits per heavy atom. The first-order valence-electron chi connectivity index (χ1n) is 6.63. The van der Waals surface area contributed by atoms with Crippen LogP contribution in [0.15, 0.2) is 30.5 Å². The van der Waals surface area contributed by atoms with Crippen LogP contribution in [0.1, 0.15) is 29.8 Å². The molecular formula is C15H19FN4O. The average molecular weight is 290 g/mol. The van der Waals surface area contributed by atoms with E-state index in [1.54, 1.807) is 25.2 Å². The normalized spacial score (nSPS) is 11.4. The van der Waals surface area contributed by atoms with Gasteiger partial charge in [0.25, 0.3) is 5.91 Å². The lowest BCUT2D eigenvalue weighted by atomic mass is 9.84. The molecule has 21 heavy (non-hydrogen) atoms. The highest BCUT2D eigenvalue weighted by Gasteiger charge is 2.25. The summed E-state index contributed by atoms with van der Waals surface area (Å²) >= 11 is 0. The third kappa shape index (κ3) is 3.04. The molecule has 0 saturated heterocycles. The number of aryl methyl sites for hydroxylation is 1. The molecule has 1 amide bonds. The zero-order chi connectivity index (χ0) is 15.6. The molecule has 0 aliphatic rings. The Kier molecular flexibility index (Phi) is 3.97. The Morgan fingerprint density at radius 2 is 2.10 bits per heavy atom. The Morgan fingerprint density at radius 3 is 2.67 bits per heavy atom. The van der Waals surface area contributed by atoms with Crippen LogP contribution in [0.2, 0.25) is 0 Å². The predicted octanol–water partition coefficient (Wildman–Crippen LogP) is 1.85. The van der Waals surface area contributed by atoms with Crippen molar-refractivity contribution in [1.82, 2.24) is 15.1 Å². The Bertz CT molecular complexity index is 663. The number of nitrogens with one attached hydrogen (secondary N) is 1. The summed E-state index contributed by atoms with van der Waals surface area (Å²) in [5.74, 6) is -0.293. The van der Waals surface area contributed by atoms with E-state index in [9.17, 15) is 9.18 Å². The molecule has 5 nitrogen and oxygen atoms in total. The van der Waals surface area contributed by atoms with Crippen molar-refractivity contribution >= 4 is 11.7 Å². The van der Waals surface area contributed by atoms with Gasteiger partial charge in [-0.1, -0.05) is 32.0 Å². The van der Waals surface area contributed by atoms with E-state index in [0.29, 0.717) is 23.5 Å². The van der Waals surface area contributed by atoms with Gasteiger partial charge in [-0.25, -0.2) is 4.39 Å². The van der Waals surface area contributed by atoms with Crippen LogP contribution in [-0.4, -0.2) is 22.2 Å². The van der Waals surface area contributed by atoms with E-state index in [1.165, 1.54) is 16.9 Å². The summed E-state index contributed by atoms with van der Waals surface area (Å²) in [5, 5.41) is 6.70. The number of benzene rings is 1. The van der Waals surface area contributed by atoms with Crippen molar-refractivity contribution in [3.05, 3.63) is 47.4 Å². The van der Waals surface area contributed by atoms with E-state index in [4.69, 9.17) is 5.73 Å². The van der Waals surface area contributed by atoms with Crippen molar-refractivity contribution in [2.24, 2.45) is 7.05 Å². The highest BCUT2D eigenvalue weighted by Crippen LogP contribution is 2.25.